The van der Waals surface area contributed by atoms with Crippen LogP contribution in [0.5, 0.6) is 0 Å². The number of fused-ring (bicyclic) bond motifs is 1. The summed E-state index contributed by atoms with van der Waals surface area (Å²) in [6, 6.07) is 4.56. The molecule has 0 saturated carbocycles. The molecule has 1 aromatic rings. The van der Waals surface area contributed by atoms with Crippen LogP contribution in [0.3, 0.4) is 0 Å². The van der Waals surface area contributed by atoms with Gasteiger partial charge >= 0.3 is 5.97 Å². The van der Waals surface area contributed by atoms with Gasteiger partial charge in [-0.05, 0) is 57.6 Å². The number of amides is 2. The van der Waals surface area contributed by atoms with Crippen LogP contribution in [-0.2, 0) is 19.1 Å². The Morgan fingerprint density at radius 3 is 2.49 bits per heavy atom. The Morgan fingerprint density at radius 1 is 1.30 bits per heavy atom. The molecule has 37 heavy (non-hydrogen) atoms. The number of aliphatic hydroxyl groups is 1. The third-order valence-corrected chi connectivity index (χ3v) is 10.6. The number of para-hydroxylation sites is 1. The minimum atomic E-state index is -0.810. The topological polar surface area (TPSA) is 87.2 Å². The van der Waals surface area contributed by atoms with Crippen molar-refractivity contribution < 1.29 is 24.2 Å². The first-order valence-electron chi connectivity index (χ1n) is 13.3. The van der Waals surface area contributed by atoms with Crippen LogP contribution >= 0.6 is 11.8 Å². The largest absolute Gasteiger partial charge is 0.466 e. The predicted octanol–water partition coefficient (Wildman–Crippen LogP) is 3.88. The van der Waals surface area contributed by atoms with E-state index < -0.39 is 33.4 Å². The standard InChI is InChI=1S/C29H40N2O5S/c1-8-15-30(23-18(5)11-10-12-19(23)6)26(34)24-29-14-13-28(7,37-29)22(27(35)36-9-2)21(29)25(33)31(24)20(16-32)17(3)4/h8,10-12,17,20-22,24,32H,1,9,13-16H2,2-7H3/t20-,21-,22-,24?,28+,29?/m0/s1. The number of ether oxygens (including phenoxy) is 1. The fourth-order valence-electron chi connectivity index (χ4n) is 7.01. The molecule has 3 saturated heterocycles. The second-order valence-electron chi connectivity index (χ2n) is 11.2. The number of thioether (sulfide) groups is 1. The fraction of sp³-hybridized carbons (Fsp3) is 0.621. The van der Waals surface area contributed by atoms with E-state index in [1.165, 1.54) is 0 Å². The molecular formula is C29H40N2O5S. The van der Waals surface area contributed by atoms with E-state index in [4.69, 9.17) is 4.74 Å². The second kappa shape index (κ2) is 10.1. The molecule has 0 aliphatic carbocycles. The van der Waals surface area contributed by atoms with Crippen LogP contribution < -0.4 is 4.90 Å². The maximum Gasteiger partial charge on any atom is 0.311 e. The van der Waals surface area contributed by atoms with Crippen molar-refractivity contribution in [1.29, 1.82) is 0 Å². The average Bonchev–Trinajstić information content (AvgIpc) is 3.39. The first-order chi connectivity index (χ1) is 17.5. The van der Waals surface area contributed by atoms with Crippen molar-refractivity contribution in [3.63, 3.8) is 0 Å². The molecule has 0 aromatic heterocycles. The molecule has 6 atom stereocenters. The van der Waals surface area contributed by atoms with E-state index in [-0.39, 0.29) is 36.9 Å². The van der Waals surface area contributed by atoms with Gasteiger partial charge in [-0.25, -0.2) is 0 Å². The summed E-state index contributed by atoms with van der Waals surface area (Å²) in [7, 11) is 0. The van der Waals surface area contributed by atoms with Crippen LogP contribution in [0.1, 0.15) is 51.7 Å². The van der Waals surface area contributed by atoms with Gasteiger partial charge in [0.25, 0.3) is 5.91 Å². The number of rotatable bonds is 9. The fourth-order valence-corrected chi connectivity index (χ4v) is 9.34. The van der Waals surface area contributed by atoms with Crippen molar-refractivity contribution in [3.05, 3.63) is 42.0 Å². The smallest absolute Gasteiger partial charge is 0.311 e. The second-order valence-corrected chi connectivity index (χ2v) is 13.1. The Balaban J connectivity index is 1.90. The predicted molar refractivity (Wildman–Crippen MR) is 146 cm³/mol. The molecule has 202 valence electrons. The lowest BCUT2D eigenvalue weighted by atomic mass is 9.66. The molecule has 7 nitrogen and oxygen atoms in total. The van der Waals surface area contributed by atoms with Gasteiger partial charge in [0.15, 0.2) is 0 Å². The van der Waals surface area contributed by atoms with Crippen LogP contribution in [0.2, 0.25) is 0 Å². The van der Waals surface area contributed by atoms with Gasteiger partial charge in [-0.3, -0.25) is 14.4 Å². The van der Waals surface area contributed by atoms with Gasteiger partial charge in [-0.1, -0.05) is 38.1 Å². The lowest BCUT2D eigenvalue weighted by molar-refractivity contribution is -0.155. The lowest BCUT2D eigenvalue weighted by Gasteiger charge is -2.41. The number of anilines is 1. The molecule has 8 heteroatoms. The van der Waals surface area contributed by atoms with Crippen LogP contribution in [-0.4, -0.2) is 69.1 Å². The Bertz CT molecular complexity index is 1090. The van der Waals surface area contributed by atoms with E-state index in [9.17, 15) is 19.5 Å². The van der Waals surface area contributed by atoms with E-state index in [0.29, 0.717) is 13.0 Å². The Morgan fingerprint density at radius 2 is 1.95 bits per heavy atom. The highest BCUT2D eigenvalue weighted by Gasteiger charge is 2.78. The summed E-state index contributed by atoms with van der Waals surface area (Å²) in [6.45, 7) is 15.8. The molecule has 0 radical (unpaired) electrons. The molecule has 1 N–H and O–H groups in total. The SMILES string of the molecule is C=CCN(C(=O)C1N([C@@H](CO)C(C)C)C(=O)[C@@H]2[C@@H](C(=O)OCC)[C@@]3(C)CCC12S3)c1c(C)cccc1C. The normalized spacial score (nSPS) is 31.0. The summed E-state index contributed by atoms with van der Waals surface area (Å²) >= 11 is 1.62. The Labute approximate surface area is 224 Å². The van der Waals surface area contributed by atoms with Crippen LogP contribution in [0.15, 0.2) is 30.9 Å². The molecule has 4 rings (SSSR count). The summed E-state index contributed by atoms with van der Waals surface area (Å²) in [6.07, 6.45) is 3.07. The van der Waals surface area contributed by atoms with Gasteiger partial charge in [-0.2, -0.15) is 0 Å². The summed E-state index contributed by atoms with van der Waals surface area (Å²) < 4.78 is 4.22. The van der Waals surface area contributed by atoms with Crippen molar-refractivity contribution >= 4 is 35.2 Å². The number of hydrogen-bond donors (Lipinski definition) is 1. The van der Waals surface area contributed by atoms with E-state index >= 15 is 0 Å². The number of benzene rings is 1. The van der Waals surface area contributed by atoms with Crippen molar-refractivity contribution in [2.75, 3.05) is 24.7 Å². The molecular weight excluding hydrogens is 488 g/mol. The van der Waals surface area contributed by atoms with E-state index in [2.05, 4.69) is 6.58 Å². The van der Waals surface area contributed by atoms with Crippen LogP contribution in [0.25, 0.3) is 0 Å². The Hall–Kier alpha value is -2.32. The van der Waals surface area contributed by atoms with E-state index in [1.54, 1.807) is 34.6 Å². The minimum Gasteiger partial charge on any atom is -0.466 e. The molecule has 3 aliphatic rings. The van der Waals surface area contributed by atoms with Gasteiger partial charge < -0.3 is 19.6 Å². The van der Waals surface area contributed by atoms with Crippen LogP contribution in [0, 0.1) is 31.6 Å². The summed E-state index contributed by atoms with van der Waals surface area (Å²) in [5, 5.41) is 10.4. The van der Waals surface area contributed by atoms with Gasteiger partial charge in [0.1, 0.15) is 6.04 Å². The number of esters is 1. The molecule has 3 heterocycles. The van der Waals surface area contributed by atoms with Crippen molar-refractivity contribution in [3.8, 4) is 0 Å². The highest BCUT2D eigenvalue weighted by Crippen LogP contribution is 2.72. The van der Waals surface area contributed by atoms with E-state index in [0.717, 1.165) is 23.2 Å². The number of aryl methyl sites for hydroxylation is 2. The molecule has 1 spiro atoms. The molecule has 2 unspecified atom stereocenters. The van der Waals surface area contributed by atoms with Crippen molar-refractivity contribution in [1.82, 2.24) is 4.90 Å². The van der Waals surface area contributed by atoms with Gasteiger partial charge in [-0.15, -0.1) is 18.3 Å². The maximum absolute atomic E-state index is 14.7. The number of hydrogen-bond acceptors (Lipinski definition) is 6. The first-order valence-corrected chi connectivity index (χ1v) is 14.1. The summed E-state index contributed by atoms with van der Waals surface area (Å²) in [4.78, 5) is 45.7. The highest BCUT2D eigenvalue weighted by molar-refractivity contribution is 8.02. The molecule has 2 amide bonds. The van der Waals surface area contributed by atoms with Gasteiger partial charge in [0, 0.05) is 17.0 Å². The van der Waals surface area contributed by atoms with Crippen LogP contribution in [0.4, 0.5) is 5.69 Å². The monoisotopic (exact) mass is 528 g/mol. The Kier molecular flexibility index (Phi) is 7.56. The molecule has 2 bridgehead atoms. The molecule has 3 fully saturated rings. The summed E-state index contributed by atoms with van der Waals surface area (Å²) in [5.74, 6) is -2.15. The quantitative estimate of drug-likeness (QED) is 0.387. The number of nitrogens with zero attached hydrogens (tertiary/aromatic N) is 2. The zero-order valence-corrected chi connectivity index (χ0v) is 23.6. The number of aliphatic hydroxyl groups excluding tert-OH is 1. The number of likely N-dealkylation sites (tertiary alicyclic amines) is 1. The maximum atomic E-state index is 14.7. The van der Waals surface area contributed by atoms with Gasteiger partial charge in [0.05, 0.1) is 35.8 Å². The summed E-state index contributed by atoms with van der Waals surface area (Å²) in [5.41, 5.74) is 2.74. The van der Waals surface area contributed by atoms with Crippen molar-refractivity contribution in [2.45, 2.75) is 76.0 Å². The highest BCUT2D eigenvalue weighted by atomic mass is 32.2. The van der Waals surface area contributed by atoms with Crippen molar-refractivity contribution in [2.24, 2.45) is 17.8 Å². The first kappa shape index (κ1) is 27.7. The zero-order valence-electron chi connectivity index (χ0n) is 22.8. The minimum absolute atomic E-state index is 0.0774. The molecule has 3 aliphatic heterocycles. The molecule has 1 aromatic carbocycles. The third kappa shape index (κ3) is 4.11. The average molecular weight is 529 g/mol. The third-order valence-electron chi connectivity index (χ3n) is 8.59. The number of carbonyl (C=O) groups excluding carboxylic acids is 3. The lowest BCUT2D eigenvalue weighted by Crippen LogP contribution is -2.58. The van der Waals surface area contributed by atoms with Gasteiger partial charge in [0.2, 0.25) is 5.91 Å². The van der Waals surface area contributed by atoms with E-state index in [1.807, 2.05) is 52.8 Å². The number of carbonyl (C=O) groups is 3. The zero-order chi connectivity index (χ0) is 27.3.